The van der Waals surface area contributed by atoms with Crippen molar-refractivity contribution in [1.82, 2.24) is 0 Å². The van der Waals surface area contributed by atoms with Gasteiger partial charge >= 0.3 is 5.97 Å². The summed E-state index contributed by atoms with van der Waals surface area (Å²) in [7, 11) is 0. The van der Waals surface area contributed by atoms with Crippen LogP contribution in [-0.4, -0.2) is 22.8 Å². The Hall–Kier alpha value is -1.61. The molecule has 106 valence electrons. The van der Waals surface area contributed by atoms with Crippen LogP contribution in [0.4, 0.5) is 0 Å². The van der Waals surface area contributed by atoms with Crippen molar-refractivity contribution in [1.29, 1.82) is 0 Å². The van der Waals surface area contributed by atoms with Gasteiger partial charge in [0, 0.05) is 0 Å². The fourth-order valence-corrected chi connectivity index (χ4v) is 1.39. The molecule has 0 bridgehead atoms. The van der Waals surface area contributed by atoms with Gasteiger partial charge in [-0.3, -0.25) is 0 Å². The third-order valence-corrected chi connectivity index (χ3v) is 2.16. The maximum atomic E-state index is 11.4. The summed E-state index contributed by atoms with van der Waals surface area (Å²) in [5.74, 6) is -1.01. The molecule has 3 heteroatoms. The van der Waals surface area contributed by atoms with Crippen LogP contribution in [0.1, 0.15) is 34.6 Å². The molecule has 0 aliphatic carbocycles. The topological polar surface area (TPSA) is 46.5 Å². The Morgan fingerprint density at radius 3 is 2.21 bits per heavy atom. The van der Waals surface area contributed by atoms with Crippen molar-refractivity contribution in [3.05, 3.63) is 48.1 Å². The first-order valence-corrected chi connectivity index (χ1v) is 6.25. The van der Waals surface area contributed by atoms with Crippen LogP contribution >= 0.6 is 0 Å². The quantitative estimate of drug-likeness (QED) is 0.740. The molecule has 19 heavy (non-hydrogen) atoms. The Kier molecular flexibility index (Phi) is 7.09. The predicted molar refractivity (Wildman–Crippen MR) is 79.1 cm³/mol. The van der Waals surface area contributed by atoms with Gasteiger partial charge in [0.15, 0.2) is 6.10 Å². The van der Waals surface area contributed by atoms with E-state index < -0.39 is 17.7 Å². The molecule has 0 spiro atoms. The van der Waals surface area contributed by atoms with Gasteiger partial charge in [-0.15, -0.1) is 0 Å². The Morgan fingerprint density at radius 1 is 1.26 bits per heavy atom. The van der Waals surface area contributed by atoms with Crippen molar-refractivity contribution in [2.45, 2.75) is 46.3 Å². The summed E-state index contributed by atoms with van der Waals surface area (Å²) in [5, 5.41) is 9.31. The summed E-state index contributed by atoms with van der Waals surface area (Å²) in [6.07, 6.45) is 8.10. The maximum Gasteiger partial charge on any atom is 0.337 e. The van der Waals surface area contributed by atoms with Crippen LogP contribution in [0.5, 0.6) is 0 Å². The second kappa shape index (κ2) is 7.74. The van der Waals surface area contributed by atoms with Crippen molar-refractivity contribution in [3.63, 3.8) is 0 Å². The maximum absolute atomic E-state index is 11.4. The smallest absolute Gasteiger partial charge is 0.337 e. The normalized spacial score (nSPS) is 15.1. The monoisotopic (exact) mass is 264 g/mol. The molecule has 0 rings (SSSR count). The van der Waals surface area contributed by atoms with E-state index in [2.05, 4.69) is 6.58 Å². The van der Waals surface area contributed by atoms with Crippen LogP contribution < -0.4 is 0 Å². The average molecular weight is 264 g/mol. The molecule has 1 N–H and O–H groups in total. The Balaban J connectivity index is 5.30. The van der Waals surface area contributed by atoms with E-state index in [-0.39, 0.29) is 0 Å². The molecule has 0 saturated carbocycles. The van der Waals surface area contributed by atoms with Crippen molar-refractivity contribution < 1.29 is 14.6 Å². The van der Waals surface area contributed by atoms with E-state index in [0.717, 1.165) is 0 Å². The second-order valence-corrected chi connectivity index (χ2v) is 5.26. The van der Waals surface area contributed by atoms with Crippen LogP contribution in [0, 0.1) is 0 Å². The Bertz CT molecular complexity index is 406. The lowest BCUT2D eigenvalue weighted by molar-refractivity contribution is -0.155. The van der Waals surface area contributed by atoms with Crippen LogP contribution in [0.25, 0.3) is 0 Å². The Morgan fingerprint density at radius 2 is 1.84 bits per heavy atom. The summed E-state index contributed by atoms with van der Waals surface area (Å²) in [4.78, 5) is 11.4. The number of aliphatic carboxylic acids is 1. The molecule has 0 aromatic heterocycles. The molecular weight excluding hydrogens is 240 g/mol. The zero-order valence-electron chi connectivity index (χ0n) is 12.4. The zero-order chi connectivity index (χ0) is 15.1. The minimum absolute atomic E-state index is 0.537. The standard InChI is InChI=1S/C16H24O3/c1-7-8-9-10-11-13(12(2)3)14(15(17)18)19-16(4,5)6/h7-11,14H,2H2,1,3-6H3,(H,17,18). The third-order valence-electron chi connectivity index (χ3n) is 2.16. The summed E-state index contributed by atoms with van der Waals surface area (Å²) < 4.78 is 5.60. The van der Waals surface area contributed by atoms with Crippen LogP contribution in [0.3, 0.4) is 0 Å². The van der Waals surface area contributed by atoms with Gasteiger partial charge in [0.1, 0.15) is 0 Å². The van der Waals surface area contributed by atoms with Gasteiger partial charge in [0.05, 0.1) is 5.60 Å². The van der Waals surface area contributed by atoms with E-state index in [9.17, 15) is 9.90 Å². The van der Waals surface area contributed by atoms with E-state index in [4.69, 9.17) is 4.74 Å². The lowest BCUT2D eigenvalue weighted by Crippen LogP contribution is -2.35. The summed E-state index contributed by atoms with van der Waals surface area (Å²) in [6, 6.07) is 0. The van der Waals surface area contributed by atoms with Gasteiger partial charge in [0.2, 0.25) is 0 Å². The fraction of sp³-hybridized carbons (Fsp3) is 0.438. The van der Waals surface area contributed by atoms with Gasteiger partial charge in [-0.2, -0.15) is 0 Å². The predicted octanol–water partition coefficient (Wildman–Crippen LogP) is 3.89. The molecule has 0 aliphatic rings. The first kappa shape index (κ1) is 17.4. The molecule has 0 aromatic rings. The molecular formula is C16H24O3. The second-order valence-electron chi connectivity index (χ2n) is 5.26. The Labute approximate surface area is 116 Å². The van der Waals surface area contributed by atoms with Crippen molar-refractivity contribution in [2.24, 2.45) is 0 Å². The number of ether oxygens (including phenoxy) is 1. The van der Waals surface area contributed by atoms with E-state index >= 15 is 0 Å². The van der Waals surface area contributed by atoms with Crippen LogP contribution in [0.2, 0.25) is 0 Å². The van der Waals surface area contributed by atoms with Gasteiger partial charge in [0.25, 0.3) is 0 Å². The molecule has 0 saturated heterocycles. The lowest BCUT2D eigenvalue weighted by atomic mass is 10.0. The summed E-state index contributed by atoms with van der Waals surface area (Å²) in [6.45, 7) is 13.0. The summed E-state index contributed by atoms with van der Waals surface area (Å²) >= 11 is 0. The molecule has 0 fully saturated rings. The molecule has 3 nitrogen and oxygen atoms in total. The number of allylic oxidation sites excluding steroid dienone is 5. The molecule has 0 aromatic carbocycles. The highest BCUT2D eigenvalue weighted by atomic mass is 16.5. The largest absolute Gasteiger partial charge is 0.479 e. The van der Waals surface area contributed by atoms with E-state index in [0.29, 0.717) is 11.1 Å². The van der Waals surface area contributed by atoms with Crippen LogP contribution in [0.15, 0.2) is 48.1 Å². The van der Waals surface area contributed by atoms with E-state index in [1.807, 2.05) is 45.9 Å². The van der Waals surface area contributed by atoms with Crippen LogP contribution in [-0.2, 0) is 9.53 Å². The SMILES string of the molecule is C=C(C)C(=CC=CC=CC)C(OC(C)(C)C)C(=O)O. The van der Waals surface area contributed by atoms with Crippen molar-refractivity contribution >= 4 is 5.97 Å². The first-order valence-electron chi connectivity index (χ1n) is 6.25. The van der Waals surface area contributed by atoms with Gasteiger partial charge in [-0.25, -0.2) is 4.79 Å². The minimum Gasteiger partial charge on any atom is -0.479 e. The van der Waals surface area contributed by atoms with Crippen molar-refractivity contribution in [3.8, 4) is 0 Å². The number of hydrogen-bond acceptors (Lipinski definition) is 2. The third kappa shape index (κ3) is 7.42. The first-order chi connectivity index (χ1) is 8.69. The molecule has 0 heterocycles. The van der Waals surface area contributed by atoms with Gasteiger partial charge in [-0.05, 0) is 40.2 Å². The lowest BCUT2D eigenvalue weighted by Gasteiger charge is -2.26. The average Bonchev–Trinajstić information content (AvgIpc) is 2.24. The highest BCUT2D eigenvalue weighted by molar-refractivity contribution is 5.78. The van der Waals surface area contributed by atoms with E-state index in [1.54, 1.807) is 19.1 Å². The molecule has 0 radical (unpaired) electrons. The minimum atomic E-state index is -1.01. The molecule has 0 aliphatic heterocycles. The number of carbonyl (C=O) groups is 1. The number of rotatable bonds is 6. The molecule has 0 amide bonds. The molecule has 1 unspecified atom stereocenters. The number of carboxylic acids is 1. The number of carboxylic acid groups (broad SMARTS) is 1. The fourth-order valence-electron chi connectivity index (χ4n) is 1.39. The van der Waals surface area contributed by atoms with Gasteiger partial charge < -0.3 is 9.84 Å². The summed E-state index contributed by atoms with van der Waals surface area (Å²) in [5.41, 5.74) is 0.718. The number of hydrogen-bond donors (Lipinski definition) is 1. The van der Waals surface area contributed by atoms with Crippen molar-refractivity contribution in [2.75, 3.05) is 0 Å². The molecule has 1 atom stereocenters. The highest BCUT2D eigenvalue weighted by Gasteiger charge is 2.28. The van der Waals surface area contributed by atoms with Gasteiger partial charge in [-0.1, -0.05) is 42.5 Å². The highest BCUT2D eigenvalue weighted by Crippen LogP contribution is 2.21. The zero-order valence-corrected chi connectivity index (χ0v) is 12.4. The van der Waals surface area contributed by atoms with E-state index in [1.165, 1.54) is 0 Å².